The van der Waals surface area contributed by atoms with E-state index in [0.717, 1.165) is 31.7 Å². The highest BCUT2D eigenvalue weighted by Crippen LogP contribution is 2.36. The molecule has 1 aromatic heterocycles. The molecule has 2 unspecified atom stereocenters. The van der Waals surface area contributed by atoms with Crippen LogP contribution in [-0.4, -0.2) is 19.2 Å². The highest BCUT2D eigenvalue weighted by atomic mass is 32.1. The number of rotatable bonds is 6. The Labute approximate surface area is 124 Å². The zero-order chi connectivity index (χ0) is 13.8. The highest BCUT2D eigenvalue weighted by molar-refractivity contribution is 7.09. The van der Waals surface area contributed by atoms with Crippen molar-refractivity contribution in [2.75, 3.05) is 13.2 Å². The topological polar surface area (TPSA) is 21.3 Å². The molecule has 0 amide bonds. The standard InChI is InChI=1S/C17H21NOS/c1-2-18-16(10-9-13-6-5-11-20-13)15-12-19-17-8-4-3-7-14(15)17/h3-8,11,15-16,18H,2,9-10,12H2,1H3. The summed E-state index contributed by atoms with van der Waals surface area (Å²) in [4.78, 5) is 1.47. The Hall–Kier alpha value is -1.32. The normalized spacial score (nSPS) is 18.6. The molecule has 1 aliphatic heterocycles. The van der Waals surface area contributed by atoms with E-state index in [0.29, 0.717) is 12.0 Å². The van der Waals surface area contributed by atoms with E-state index in [1.165, 1.54) is 10.4 Å². The molecule has 20 heavy (non-hydrogen) atoms. The number of benzene rings is 1. The predicted octanol–water partition coefficient (Wildman–Crippen LogP) is 3.84. The molecule has 2 atom stereocenters. The summed E-state index contributed by atoms with van der Waals surface area (Å²) in [5.41, 5.74) is 1.37. The number of hydrogen-bond donors (Lipinski definition) is 1. The van der Waals surface area contributed by atoms with Crippen molar-refractivity contribution >= 4 is 11.3 Å². The van der Waals surface area contributed by atoms with Crippen LogP contribution in [0.1, 0.15) is 29.7 Å². The van der Waals surface area contributed by atoms with Gasteiger partial charge >= 0.3 is 0 Å². The fourth-order valence-corrected chi connectivity index (χ4v) is 3.71. The number of hydrogen-bond acceptors (Lipinski definition) is 3. The number of para-hydroxylation sites is 1. The zero-order valence-electron chi connectivity index (χ0n) is 11.8. The van der Waals surface area contributed by atoms with Gasteiger partial charge < -0.3 is 10.1 Å². The number of fused-ring (bicyclic) bond motifs is 1. The Kier molecular flexibility index (Phi) is 4.38. The second kappa shape index (κ2) is 6.42. The first-order valence-corrected chi connectivity index (χ1v) is 8.24. The maximum Gasteiger partial charge on any atom is 0.122 e. The quantitative estimate of drug-likeness (QED) is 0.871. The molecule has 0 radical (unpaired) electrons. The Balaban J connectivity index is 1.71. The van der Waals surface area contributed by atoms with Gasteiger partial charge in [-0.05, 0) is 36.9 Å². The van der Waals surface area contributed by atoms with Gasteiger partial charge in [-0.2, -0.15) is 0 Å². The largest absolute Gasteiger partial charge is 0.493 e. The molecular formula is C17H21NOS. The summed E-state index contributed by atoms with van der Waals surface area (Å²) in [6.45, 7) is 4.00. The van der Waals surface area contributed by atoms with Gasteiger partial charge in [-0.25, -0.2) is 0 Å². The Bertz CT molecular complexity index is 538. The monoisotopic (exact) mass is 287 g/mol. The van der Waals surface area contributed by atoms with Gasteiger partial charge in [-0.1, -0.05) is 31.2 Å². The van der Waals surface area contributed by atoms with Gasteiger partial charge in [0.05, 0.1) is 6.61 Å². The lowest BCUT2D eigenvalue weighted by Gasteiger charge is -2.23. The number of ether oxygens (including phenoxy) is 1. The molecule has 1 aromatic carbocycles. The summed E-state index contributed by atoms with van der Waals surface area (Å²) < 4.78 is 5.84. The molecule has 0 spiro atoms. The lowest BCUT2D eigenvalue weighted by Crippen LogP contribution is -2.36. The van der Waals surface area contributed by atoms with Gasteiger partial charge in [-0.3, -0.25) is 0 Å². The van der Waals surface area contributed by atoms with E-state index in [-0.39, 0.29) is 0 Å². The van der Waals surface area contributed by atoms with Crippen LogP contribution >= 0.6 is 11.3 Å². The first-order valence-electron chi connectivity index (χ1n) is 7.36. The average Bonchev–Trinajstić information content (AvgIpc) is 3.13. The van der Waals surface area contributed by atoms with Crippen molar-refractivity contribution in [3.8, 4) is 5.75 Å². The van der Waals surface area contributed by atoms with Crippen molar-refractivity contribution in [1.82, 2.24) is 5.32 Å². The van der Waals surface area contributed by atoms with Crippen LogP contribution in [0.15, 0.2) is 41.8 Å². The summed E-state index contributed by atoms with van der Waals surface area (Å²) in [5.74, 6) is 1.54. The molecule has 1 aliphatic rings. The van der Waals surface area contributed by atoms with Crippen LogP contribution in [0.2, 0.25) is 0 Å². The van der Waals surface area contributed by atoms with Crippen LogP contribution < -0.4 is 10.1 Å². The van der Waals surface area contributed by atoms with Crippen molar-refractivity contribution in [2.45, 2.75) is 31.7 Å². The molecule has 0 fully saturated rings. The van der Waals surface area contributed by atoms with E-state index in [1.807, 2.05) is 11.3 Å². The zero-order valence-corrected chi connectivity index (χ0v) is 12.7. The molecule has 3 rings (SSSR count). The maximum atomic E-state index is 5.84. The summed E-state index contributed by atoms with van der Waals surface area (Å²) in [7, 11) is 0. The third-order valence-corrected chi connectivity index (χ3v) is 4.91. The number of nitrogens with one attached hydrogen (secondary N) is 1. The first-order chi connectivity index (χ1) is 9.88. The number of likely N-dealkylation sites (N-methyl/N-ethyl adjacent to an activating group) is 1. The second-order valence-corrected chi connectivity index (χ2v) is 6.27. The molecule has 0 aliphatic carbocycles. The Morgan fingerprint density at radius 2 is 2.20 bits per heavy atom. The van der Waals surface area contributed by atoms with E-state index in [1.54, 1.807) is 0 Å². The molecule has 0 bridgehead atoms. The minimum atomic E-state index is 0.478. The lowest BCUT2D eigenvalue weighted by molar-refractivity contribution is 0.293. The number of thiophene rings is 1. The van der Waals surface area contributed by atoms with Crippen LogP contribution in [-0.2, 0) is 6.42 Å². The van der Waals surface area contributed by atoms with E-state index in [9.17, 15) is 0 Å². The fourth-order valence-electron chi connectivity index (χ4n) is 2.98. The lowest BCUT2D eigenvalue weighted by atomic mass is 9.90. The predicted molar refractivity (Wildman–Crippen MR) is 84.8 cm³/mol. The smallest absolute Gasteiger partial charge is 0.122 e. The van der Waals surface area contributed by atoms with Crippen LogP contribution in [0.5, 0.6) is 5.75 Å². The van der Waals surface area contributed by atoms with Crippen molar-refractivity contribution in [3.63, 3.8) is 0 Å². The Morgan fingerprint density at radius 3 is 3.00 bits per heavy atom. The molecule has 2 heterocycles. The van der Waals surface area contributed by atoms with E-state index in [4.69, 9.17) is 4.74 Å². The van der Waals surface area contributed by atoms with Crippen molar-refractivity contribution in [2.24, 2.45) is 0 Å². The fraction of sp³-hybridized carbons (Fsp3) is 0.412. The van der Waals surface area contributed by atoms with Gasteiger partial charge in [0, 0.05) is 22.4 Å². The van der Waals surface area contributed by atoms with Gasteiger partial charge in [0.15, 0.2) is 0 Å². The molecule has 3 heteroatoms. The molecular weight excluding hydrogens is 266 g/mol. The van der Waals surface area contributed by atoms with Gasteiger partial charge in [0.1, 0.15) is 5.75 Å². The SMILES string of the molecule is CCNC(CCc1cccs1)C1COc2ccccc21. The second-order valence-electron chi connectivity index (χ2n) is 5.24. The third-order valence-electron chi connectivity index (χ3n) is 3.97. The van der Waals surface area contributed by atoms with Crippen LogP contribution in [0, 0.1) is 0 Å². The van der Waals surface area contributed by atoms with E-state index in [2.05, 4.69) is 54.0 Å². The maximum absolute atomic E-state index is 5.84. The minimum Gasteiger partial charge on any atom is -0.493 e. The molecule has 1 N–H and O–H groups in total. The van der Waals surface area contributed by atoms with Gasteiger partial charge in [0.2, 0.25) is 0 Å². The summed E-state index contributed by atoms with van der Waals surface area (Å²) in [6, 6.07) is 13.3. The molecule has 106 valence electrons. The minimum absolute atomic E-state index is 0.478. The molecule has 2 aromatic rings. The highest BCUT2D eigenvalue weighted by Gasteiger charge is 2.30. The van der Waals surface area contributed by atoms with Crippen molar-refractivity contribution in [1.29, 1.82) is 0 Å². The van der Waals surface area contributed by atoms with E-state index >= 15 is 0 Å². The van der Waals surface area contributed by atoms with Crippen molar-refractivity contribution < 1.29 is 4.74 Å². The van der Waals surface area contributed by atoms with Crippen LogP contribution in [0.3, 0.4) is 0 Å². The summed E-state index contributed by atoms with van der Waals surface area (Å²) in [6.07, 6.45) is 2.31. The Morgan fingerprint density at radius 1 is 1.30 bits per heavy atom. The van der Waals surface area contributed by atoms with E-state index < -0.39 is 0 Å². The molecule has 0 saturated carbocycles. The van der Waals surface area contributed by atoms with Gasteiger partial charge in [0.25, 0.3) is 0 Å². The summed E-state index contributed by atoms with van der Waals surface area (Å²) >= 11 is 1.85. The first kappa shape index (κ1) is 13.7. The van der Waals surface area contributed by atoms with Crippen LogP contribution in [0.25, 0.3) is 0 Å². The molecule has 0 saturated heterocycles. The molecule has 2 nitrogen and oxygen atoms in total. The number of aryl methyl sites for hydroxylation is 1. The van der Waals surface area contributed by atoms with Gasteiger partial charge in [-0.15, -0.1) is 11.3 Å². The summed E-state index contributed by atoms with van der Waals surface area (Å²) in [5, 5.41) is 5.81. The third kappa shape index (κ3) is 2.89. The van der Waals surface area contributed by atoms with Crippen molar-refractivity contribution in [3.05, 3.63) is 52.2 Å². The average molecular weight is 287 g/mol. The van der Waals surface area contributed by atoms with Crippen LogP contribution in [0.4, 0.5) is 0 Å².